The van der Waals surface area contributed by atoms with Crippen LogP contribution in [0.15, 0.2) is 18.2 Å². The van der Waals surface area contributed by atoms with E-state index in [-0.39, 0.29) is 17.7 Å². The smallest absolute Gasteiger partial charge is 0.255 e. The molecule has 0 spiro atoms. The number of likely N-dealkylation sites (tertiary alicyclic amines) is 1. The Morgan fingerprint density at radius 2 is 2.20 bits per heavy atom. The number of hydrogen-bond donors (Lipinski definition) is 1. The van der Waals surface area contributed by atoms with Crippen molar-refractivity contribution in [1.82, 2.24) is 4.90 Å². The minimum atomic E-state index is -0.308. The van der Waals surface area contributed by atoms with Crippen molar-refractivity contribution in [2.75, 3.05) is 13.1 Å². The van der Waals surface area contributed by atoms with Crippen molar-refractivity contribution in [3.8, 4) is 0 Å². The van der Waals surface area contributed by atoms with E-state index in [1.807, 2.05) is 13.0 Å². The van der Waals surface area contributed by atoms with Crippen LogP contribution in [0.25, 0.3) is 0 Å². The highest BCUT2D eigenvalue weighted by atomic mass is 35.5. The van der Waals surface area contributed by atoms with E-state index in [1.54, 1.807) is 17.0 Å². The zero-order valence-corrected chi connectivity index (χ0v) is 12.3. The second kappa shape index (κ2) is 6.27. The lowest BCUT2D eigenvalue weighted by atomic mass is 9.94. The predicted octanol–water partition coefficient (Wildman–Crippen LogP) is 2.38. The normalized spacial score (nSPS) is 18.9. The van der Waals surface area contributed by atoms with Gasteiger partial charge in [-0.25, -0.2) is 0 Å². The Morgan fingerprint density at radius 3 is 2.85 bits per heavy atom. The molecular weight excluding hydrogens is 276 g/mol. The minimum Gasteiger partial charge on any atom is -0.370 e. The number of primary amides is 1. The fraction of sp³-hybridized carbons (Fsp3) is 0.467. The lowest BCUT2D eigenvalue weighted by Gasteiger charge is -2.32. The molecule has 1 aromatic carbocycles. The van der Waals surface area contributed by atoms with Crippen LogP contribution in [-0.4, -0.2) is 29.8 Å². The van der Waals surface area contributed by atoms with Crippen molar-refractivity contribution >= 4 is 23.4 Å². The topological polar surface area (TPSA) is 63.4 Å². The number of amides is 2. The first-order valence-electron chi connectivity index (χ1n) is 6.81. The first-order valence-corrected chi connectivity index (χ1v) is 7.19. The van der Waals surface area contributed by atoms with Gasteiger partial charge in [0.1, 0.15) is 0 Å². The number of aryl methyl sites for hydroxylation is 1. The van der Waals surface area contributed by atoms with E-state index in [2.05, 4.69) is 0 Å². The molecule has 1 aliphatic heterocycles. The number of halogens is 1. The molecule has 0 aromatic heterocycles. The monoisotopic (exact) mass is 294 g/mol. The third kappa shape index (κ3) is 3.51. The van der Waals surface area contributed by atoms with Crippen LogP contribution in [0.3, 0.4) is 0 Å². The van der Waals surface area contributed by atoms with Gasteiger partial charge in [-0.15, -0.1) is 0 Å². The first-order chi connectivity index (χ1) is 9.47. The Bertz CT molecular complexity index is 531. The van der Waals surface area contributed by atoms with E-state index < -0.39 is 0 Å². The first kappa shape index (κ1) is 14.9. The lowest BCUT2D eigenvalue weighted by Crippen LogP contribution is -2.41. The molecule has 0 saturated carbocycles. The Kier molecular flexibility index (Phi) is 4.65. The minimum absolute atomic E-state index is 0.0656. The van der Waals surface area contributed by atoms with Crippen LogP contribution in [0, 0.1) is 12.8 Å². The zero-order valence-electron chi connectivity index (χ0n) is 11.6. The van der Waals surface area contributed by atoms with E-state index >= 15 is 0 Å². The average molecular weight is 295 g/mol. The van der Waals surface area contributed by atoms with Crippen LogP contribution >= 0.6 is 11.6 Å². The van der Waals surface area contributed by atoms with E-state index in [9.17, 15) is 9.59 Å². The van der Waals surface area contributed by atoms with Crippen LogP contribution in [-0.2, 0) is 4.79 Å². The maximum Gasteiger partial charge on any atom is 0.255 e. The van der Waals surface area contributed by atoms with Gasteiger partial charge in [-0.05, 0) is 43.4 Å². The number of carbonyl (C=O) groups excluding carboxylic acids is 2. The van der Waals surface area contributed by atoms with Gasteiger partial charge in [0.25, 0.3) is 5.91 Å². The molecule has 2 amide bonds. The van der Waals surface area contributed by atoms with Crippen molar-refractivity contribution in [1.29, 1.82) is 0 Å². The number of piperidine rings is 1. The number of hydrogen-bond acceptors (Lipinski definition) is 2. The molecule has 2 N–H and O–H groups in total. The Balaban J connectivity index is 2.10. The summed E-state index contributed by atoms with van der Waals surface area (Å²) in [6.45, 7) is 3.22. The number of nitrogens with zero attached hydrogens (tertiary/aromatic N) is 1. The molecular formula is C15H19ClN2O2. The predicted molar refractivity (Wildman–Crippen MR) is 78.6 cm³/mol. The molecule has 1 saturated heterocycles. The van der Waals surface area contributed by atoms with Gasteiger partial charge >= 0.3 is 0 Å². The highest BCUT2D eigenvalue weighted by Crippen LogP contribution is 2.24. The van der Waals surface area contributed by atoms with Gasteiger partial charge in [0.15, 0.2) is 0 Å². The van der Waals surface area contributed by atoms with Crippen molar-refractivity contribution in [2.24, 2.45) is 11.7 Å². The molecule has 20 heavy (non-hydrogen) atoms. The van der Waals surface area contributed by atoms with E-state index in [1.165, 1.54) is 0 Å². The molecule has 1 unspecified atom stereocenters. The maximum absolute atomic E-state index is 12.5. The van der Waals surface area contributed by atoms with Crippen LogP contribution in [0.1, 0.15) is 35.2 Å². The molecule has 1 aromatic rings. The summed E-state index contributed by atoms with van der Waals surface area (Å²) in [7, 11) is 0. The Hall–Kier alpha value is -1.55. The quantitative estimate of drug-likeness (QED) is 0.930. The molecule has 1 aliphatic rings. The van der Waals surface area contributed by atoms with Gasteiger partial charge < -0.3 is 10.6 Å². The van der Waals surface area contributed by atoms with E-state index in [0.29, 0.717) is 30.1 Å². The van der Waals surface area contributed by atoms with Crippen LogP contribution in [0.5, 0.6) is 0 Å². The van der Waals surface area contributed by atoms with E-state index in [4.69, 9.17) is 17.3 Å². The molecule has 1 atom stereocenters. The standard InChI is InChI=1S/C15H19ClN2O2/c1-10-4-5-12(13(16)7-10)15(20)18-6-2-3-11(9-18)8-14(17)19/h4-5,7,11H,2-3,6,8-9H2,1H3,(H2,17,19). The average Bonchev–Trinajstić information content (AvgIpc) is 2.37. The summed E-state index contributed by atoms with van der Waals surface area (Å²) < 4.78 is 0. The van der Waals surface area contributed by atoms with Crippen LogP contribution in [0.4, 0.5) is 0 Å². The molecule has 0 bridgehead atoms. The molecule has 0 aliphatic carbocycles. The summed E-state index contributed by atoms with van der Waals surface area (Å²) in [6, 6.07) is 5.43. The number of carbonyl (C=O) groups is 2. The van der Waals surface area contributed by atoms with Gasteiger partial charge in [-0.1, -0.05) is 17.7 Å². The summed E-state index contributed by atoms with van der Waals surface area (Å²) in [5.74, 6) is -0.212. The van der Waals surface area contributed by atoms with Crippen molar-refractivity contribution in [2.45, 2.75) is 26.2 Å². The highest BCUT2D eigenvalue weighted by molar-refractivity contribution is 6.33. The third-order valence-corrected chi connectivity index (χ3v) is 3.96. The van der Waals surface area contributed by atoms with Crippen molar-refractivity contribution in [3.05, 3.63) is 34.3 Å². The Labute approximate surface area is 123 Å². The molecule has 0 radical (unpaired) electrons. The molecule has 108 valence electrons. The Morgan fingerprint density at radius 1 is 1.45 bits per heavy atom. The summed E-state index contributed by atoms with van der Waals surface area (Å²) in [6.07, 6.45) is 2.17. The van der Waals surface area contributed by atoms with Gasteiger partial charge in [-0.2, -0.15) is 0 Å². The SMILES string of the molecule is Cc1ccc(C(=O)N2CCCC(CC(N)=O)C2)c(Cl)c1. The molecule has 5 heteroatoms. The molecule has 4 nitrogen and oxygen atoms in total. The number of benzene rings is 1. The van der Waals surface area contributed by atoms with Crippen LogP contribution < -0.4 is 5.73 Å². The molecule has 2 rings (SSSR count). The van der Waals surface area contributed by atoms with Gasteiger partial charge in [0.2, 0.25) is 5.91 Å². The third-order valence-electron chi connectivity index (χ3n) is 3.65. The summed E-state index contributed by atoms with van der Waals surface area (Å²) in [5, 5.41) is 0.479. The zero-order chi connectivity index (χ0) is 14.7. The summed E-state index contributed by atoms with van der Waals surface area (Å²) >= 11 is 6.14. The van der Waals surface area contributed by atoms with Gasteiger partial charge in [0, 0.05) is 19.5 Å². The van der Waals surface area contributed by atoms with Crippen molar-refractivity contribution < 1.29 is 9.59 Å². The van der Waals surface area contributed by atoms with Gasteiger partial charge in [0.05, 0.1) is 10.6 Å². The highest BCUT2D eigenvalue weighted by Gasteiger charge is 2.26. The van der Waals surface area contributed by atoms with E-state index in [0.717, 1.165) is 18.4 Å². The molecule has 1 heterocycles. The van der Waals surface area contributed by atoms with Crippen molar-refractivity contribution in [3.63, 3.8) is 0 Å². The largest absolute Gasteiger partial charge is 0.370 e. The fourth-order valence-electron chi connectivity index (χ4n) is 2.66. The molecule has 1 fully saturated rings. The second-order valence-corrected chi connectivity index (χ2v) is 5.82. The number of rotatable bonds is 3. The second-order valence-electron chi connectivity index (χ2n) is 5.41. The summed E-state index contributed by atoms with van der Waals surface area (Å²) in [4.78, 5) is 25.3. The van der Waals surface area contributed by atoms with Crippen LogP contribution in [0.2, 0.25) is 5.02 Å². The number of nitrogens with two attached hydrogens (primary N) is 1. The lowest BCUT2D eigenvalue weighted by molar-refractivity contribution is -0.119. The maximum atomic E-state index is 12.5. The summed E-state index contributed by atoms with van der Waals surface area (Å²) in [5.41, 5.74) is 6.78. The fourth-order valence-corrected chi connectivity index (χ4v) is 2.98. The van der Waals surface area contributed by atoms with Gasteiger partial charge in [-0.3, -0.25) is 9.59 Å².